The lowest BCUT2D eigenvalue weighted by Crippen LogP contribution is -2.49. The Kier molecular flexibility index (Phi) is 7.11. The van der Waals surface area contributed by atoms with Crippen LogP contribution in [0.2, 0.25) is 5.02 Å². The number of hydrogen-bond acceptors (Lipinski definition) is 6. The van der Waals surface area contributed by atoms with Gasteiger partial charge >= 0.3 is 0 Å². The third kappa shape index (κ3) is 5.18. The van der Waals surface area contributed by atoms with Gasteiger partial charge in [-0.15, -0.1) is 11.3 Å². The number of carbonyl (C=O) groups is 1. The van der Waals surface area contributed by atoms with Gasteiger partial charge in [0.25, 0.3) is 5.91 Å². The highest BCUT2D eigenvalue weighted by atomic mass is 35.5. The van der Waals surface area contributed by atoms with E-state index < -0.39 is 22.0 Å². The third-order valence-electron chi connectivity index (χ3n) is 4.41. The fraction of sp³-hybridized carbons (Fsp3) is 0.150. The quantitative estimate of drug-likeness (QED) is 0.348. The van der Waals surface area contributed by atoms with E-state index in [2.05, 4.69) is 0 Å². The summed E-state index contributed by atoms with van der Waals surface area (Å²) in [5.41, 5.74) is 2.16. The Bertz CT molecular complexity index is 1100. The summed E-state index contributed by atoms with van der Waals surface area (Å²) >= 11 is 7.42. The number of nitrogens with zero attached hydrogens (tertiary/aromatic N) is 1. The second kappa shape index (κ2) is 9.59. The molecule has 0 aliphatic rings. The Morgan fingerprint density at radius 2 is 1.87 bits per heavy atom. The zero-order chi connectivity index (χ0) is 21.7. The molecule has 2 aromatic carbocycles. The van der Waals surface area contributed by atoms with Crippen molar-refractivity contribution in [1.29, 1.82) is 0 Å². The summed E-state index contributed by atoms with van der Waals surface area (Å²) in [6, 6.07) is 14.0. The molecule has 0 saturated carbocycles. The van der Waals surface area contributed by atoms with E-state index in [1.165, 1.54) is 35.6 Å². The monoisotopic (exact) mass is 466 g/mol. The first-order valence-electron chi connectivity index (χ1n) is 8.83. The summed E-state index contributed by atoms with van der Waals surface area (Å²) in [7, 11) is -4.17. The molecule has 0 fully saturated rings. The molecule has 1 heterocycles. The number of thiophene rings is 1. The first kappa shape index (κ1) is 22.3. The van der Waals surface area contributed by atoms with Crippen molar-refractivity contribution in [3.63, 3.8) is 0 Å². The molecule has 3 rings (SSSR count). The van der Waals surface area contributed by atoms with E-state index in [-0.39, 0.29) is 23.6 Å². The molecule has 0 radical (unpaired) electrons. The van der Waals surface area contributed by atoms with E-state index >= 15 is 0 Å². The van der Waals surface area contributed by atoms with Crippen molar-refractivity contribution in [2.24, 2.45) is 0 Å². The molecule has 10 heteroatoms. The lowest BCUT2D eigenvalue weighted by atomic mass is 10.1. The third-order valence-corrected chi connectivity index (χ3v) is 7.41. The van der Waals surface area contributed by atoms with Gasteiger partial charge in [0.1, 0.15) is 11.8 Å². The van der Waals surface area contributed by atoms with Crippen LogP contribution in [0.1, 0.15) is 10.4 Å². The molecule has 158 valence electrons. The number of halogens is 1. The molecule has 3 N–H and O–H groups in total. The number of phenolic OH excluding ortho intramolecular Hbond substituents is 1. The van der Waals surface area contributed by atoms with Crippen LogP contribution in [0.3, 0.4) is 0 Å². The number of benzene rings is 2. The van der Waals surface area contributed by atoms with Gasteiger partial charge in [0, 0.05) is 22.9 Å². The highest BCUT2D eigenvalue weighted by Crippen LogP contribution is 2.26. The van der Waals surface area contributed by atoms with Gasteiger partial charge in [0.2, 0.25) is 10.0 Å². The molecule has 7 nitrogen and oxygen atoms in total. The molecule has 0 aliphatic heterocycles. The van der Waals surface area contributed by atoms with Crippen molar-refractivity contribution in [2.75, 3.05) is 0 Å². The molecule has 0 unspecified atom stereocenters. The van der Waals surface area contributed by atoms with Crippen molar-refractivity contribution < 1.29 is 23.5 Å². The van der Waals surface area contributed by atoms with E-state index in [1.54, 1.807) is 41.9 Å². The Morgan fingerprint density at radius 1 is 1.13 bits per heavy atom. The Labute approximate surface area is 183 Å². The average molecular weight is 467 g/mol. The van der Waals surface area contributed by atoms with E-state index in [9.17, 15) is 23.5 Å². The van der Waals surface area contributed by atoms with E-state index in [0.717, 1.165) is 9.18 Å². The van der Waals surface area contributed by atoms with Crippen LogP contribution in [0.4, 0.5) is 0 Å². The van der Waals surface area contributed by atoms with Gasteiger partial charge in [-0.3, -0.25) is 10.0 Å². The predicted octanol–water partition coefficient (Wildman–Crippen LogP) is 3.41. The minimum Gasteiger partial charge on any atom is -0.508 e. The number of amides is 1. The molecule has 1 aromatic heterocycles. The highest BCUT2D eigenvalue weighted by Gasteiger charge is 2.36. The standard InChI is InChI=1S/C20H19ClN2O5S2/c21-15-4-1-3-14(11-15)13-23(30(27,28)18-8-6-16(24)7-9-18)19(20(25)22-26)12-17-5-2-10-29-17/h1-11,19,24,26H,12-13H2,(H,22,25)/t19-/m1/s1. The van der Waals surface area contributed by atoms with Crippen LogP contribution in [0.15, 0.2) is 70.9 Å². The van der Waals surface area contributed by atoms with Crippen LogP contribution >= 0.6 is 22.9 Å². The molecule has 0 spiro atoms. The van der Waals surface area contributed by atoms with E-state index in [0.29, 0.717) is 10.6 Å². The number of hydrogen-bond donors (Lipinski definition) is 3. The van der Waals surface area contributed by atoms with Crippen LogP contribution in [-0.2, 0) is 27.8 Å². The largest absolute Gasteiger partial charge is 0.508 e. The van der Waals surface area contributed by atoms with Crippen LogP contribution < -0.4 is 5.48 Å². The van der Waals surface area contributed by atoms with Gasteiger partial charge in [-0.05, 0) is 53.4 Å². The zero-order valence-corrected chi connectivity index (χ0v) is 18.0. The molecule has 30 heavy (non-hydrogen) atoms. The normalized spacial score (nSPS) is 12.6. The minimum absolute atomic E-state index is 0.0714. The van der Waals surface area contributed by atoms with Gasteiger partial charge in [-0.1, -0.05) is 29.8 Å². The molecule has 1 atom stereocenters. The second-order valence-electron chi connectivity index (χ2n) is 6.45. The SMILES string of the molecule is O=C(NO)[C@@H](Cc1cccs1)N(Cc1cccc(Cl)c1)S(=O)(=O)c1ccc(O)cc1. The molecular weight excluding hydrogens is 448 g/mol. The van der Waals surface area contributed by atoms with E-state index in [1.807, 2.05) is 5.38 Å². The summed E-state index contributed by atoms with van der Waals surface area (Å²) in [5, 5.41) is 21.1. The number of nitrogens with one attached hydrogen (secondary N) is 1. The first-order valence-corrected chi connectivity index (χ1v) is 11.5. The van der Waals surface area contributed by atoms with Crippen molar-refractivity contribution >= 4 is 38.9 Å². The molecule has 0 saturated heterocycles. The lowest BCUT2D eigenvalue weighted by Gasteiger charge is -2.29. The topological polar surface area (TPSA) is 107 Å². The molecule has 0 bridgehead atoms. The smallest absolute Gasteiger partial charge is 0.262 e. The van der Waals surface area contributed by atoms with Crippen molar-refractivity contribution in [2.45, 2.75) is 23.9 Å². The minimum atomic E-state index is -4.17. The molecular formula is C20H19ClN2O5S2. The summed E-state index contributed by atoms with van der Waals surface area (Å²) < 4.78 is 28.0. The fourth-order valence-electron chi connectivity index (χ4n) is 2.95. The number of rotatable bonds is 8. The highest BCUT2D eigenvalue weighted by molar-refractivity contribution is 7.89. The molecule has 3 aromatic rings. The van der Waals surface area contributed by atoms with Crippen molar-refractivity contribution in [3.8, 4) is 5.75 Å². The van der Waals surface area contributed by atoms with Crippen LogP contribution in [0.25, 0.3) is 0 Å². The Hall–Kier alpha value is -2.43. The van der Waals surface area contributed by atoms with Gasteiger partial charge < -0.3 is 5.11 Å². The zero-order valence-electron chi connectivity index (χ0n) is 15.6. The second-order valence-corrected chi connectivity index (χ2v) is 9.81. The summed E-state index contributed by atoms with van der Waals surface area (Å²) in [6.45, 7) is -0.146. The van der Waals surface area contributed by atoms with Gasteiger partial charge in [0.15, 0.2) is 0 Å². The molecule has 0 aliphatic carbocycles. The van der Waals surface area contributed by atoms with Gasteiger partial charge in [0.05, 0.1) is 4.90 Å². The average Bonchev–Trinajstić information content (AvgIpc) is 3.23. The number of aromatic hydroxyl groups is 1. The lowest BCUT2D eigenvalue weighted by molar-refractivity contribution is -0.133. The van der Waals surface area contributed by atoms with Crippen molar-refractivity contribution in [3.05, 3.63) is 81.5 Å². The summed E-state index contributed by atoms with van der Waals surface area (Å²) in [6.07, 6.45) is 0.0714. The van der Waals surface area contributed by atoms with Gasteiger partial charge in [-0.25, -0.2) is 13.9 Å². The Balaban J connectivity index is 2.08. The first-order chi connectivity index (χ1) is 14.3. The summed E-state index contributed by atoms with van der Waals surface area (Å²) in [4.78, 5) is 13.2. The fourth-order valence-corrected chi connectivity index (χ4v) is 5.48. The van der Waals surface area contributed by atoms with Crippen LogP contribution in [0, 0.1) is 0 Å². The van der Waals surface area contributed by atoms with Crippen molar-refractivity contribution in [1.82, 2.24) is 9.79 Å². The van der Waals surface area contributed by atoms with Gasteiger partial charge in [-0.2, -0.15) is 4.31 Å². The van der Waals surface area contributed by atoms with Crippen LogP contribution in [0.5, 0.6) is 5.75 Å². The summed E-state index contributed by atoms with van der Waals surface area (Å²) in [5.74, 6) is -0.939. The maximum Gasteiger partial charge on any atom is 0.262 e. The number of hydroxylamine groups is 1. The predicted molar refractivity (Wildman–Crippen MR) is 114 cm³/mol. The number of sulfonamides is 1. The molecule has 1 amide bonds. The van der Waals surface area contributed by atoms with E-state index in [4.69, 9.17) is 11.6 Å². The maximum absolute atomic E-state index is 13.5. The van der Waals surface area contributed by atoms with Crippen LogP contribution in [-0.4, -0.2) is 35.0 Å². The maximum atomic E-state index is 13.5. The number of phenols is 1. The Morgan fingerprint density at radius 3 is 2.47 bits per heavy atom. The number of carbonyl (C=O) groups excluding carboxylic acids is 1.